The van der Waals surface area contributed by atoms with Crippen molar-refractivity contribution in [3.8, 4) is 0 Å². The van der Waals surface area contributed by atoms with Crippen molar-refractivity contribution in [1.82, 2.24) is 30.3 Å². The molecule has 1 aliphatic rings. The van der Waals surface area contributed by atoms with E-state index in [9.17, 15) is 4.79 Å². The lowest BCUT2D eigenvalue weighted by Crippen LogP contribution is -2.42. The molecule has 8 nitrogen and oxygen atoms in total. The molecular weight excluding hydrogens is 356 g/mol. The Morgan fingerprint density at radius 3 is 2.57 bits per heavy atom. The monoisotopic (exact) mass is 388 g/mol. The van der Waals surface area contributed by atoms with E-state index in [1.165, 1.54) is 0 Å². The number of piperidine rings is 1. The van der Waals surface area contributed by atoms with Crippen LogP contribution < -0.4 is 10.6 Å². The van der Waals surface area contributed by atoms with Crippen LogP contribution in [0.2, 0.25) is 0 Å². The van der Waals surface area contributed by atoms with E-state index in [2.05, 4.69) is 25.6 Å². The van der Waals surface area contributed by atoms with Crippen LogP contribution in [0.25, 0.3) is 0 Å². The molecule has 2 amide bonds. The number of nitrogens with one attached hydrogen (secondary N) is 2. The maximum atomic E-state index is 12.2. The zero-order chi connectivity index (χ0) is 20.3. The van der Waals surface area contributed by atoms with Gasteiger partial charge in [-0.1, -0.05) is 0 Å². The van der Waals surface area contributed by atoms with Gasteiger partial charge >= 0.3 is 6.03 Å². The molecule has 0 aliphatic carbocycles. The third-order valence-electron chi connectivity index (χ3n) is 5.56. The molecule has 1 unspecified atom stereocenters. The van der Waals surface area contributed by atoms with Crippen LogP contribution in [0.4, 0.5) is 4.79 Å². The summed E-state index contributed by atoms with van der Waals surface area (Å²) in [6.07, 6.45) is 4.08. The average molecular weight is 389 g/mol. The molecule has 2 aromatic rings. The van der Waals surface area contributed by atoms with Crippen molar-refractivity contribution < 1.29 is 9.21 Å². The molecule has 1 fully saturated rings. The van der Waals surface area contributed by atoms with Gasteiger partial charge in [-0.2, -0.15) is 5.10 Å². The fourth-order valence-electron chi connectivity index (χ4n) is 3.75. The summed E-state index contributed by atoms with van der Waals surface area (Å²) in [5.74, 6) is 2.20. The highest BCUT2D eigenvalue weighted by atomic mass is 16.4. The highest BCUT2D eigenvalue weighted by Gasteiger charge is 2.22. The molecule has 0 saturated carbocycles. The van der Waals surface area contributed by atoms with Gasteiger partial charge in [0.1, 0.15) is 5.76 Å². The van der Waals surface area contributed by atoms with Gasteiger partial charge in [-0.15, -0.1) is 0 Å². The number of carbonyl (C=O) groups is 1. The fourth-order valence-corrected chi connectivity index (χ4v) is 3.75. The summed E-state index contributed by atoms with van der Waals surface area (Å²) in [5, 5.41) is 10.4. The first-order chi connectivity index (χ1) is 13.3. The molecule has 1 saturated heterocycles. The summed E-state index contributed by atoms with van der Waals surface area (Å²) in [6, 6.07) is -0.188. The number of likely N-dealkylation sites (tertiary alicyclic amines) is 1. The van der Waals surface area contributed by atoms with Crippen molar-refractivity contribution in [2.24, 2.45) is 13.0 Å². The SMILES string of the molecule is Cc1nn(C)cc1C(C)NC(=O)NCC1CCN(Cc2nc(C)c(C)o2)CC1. The molecule has 3 heterocycles. The second-order valence-electron chi connectivity index (χ2n) is 7.89. The first-order valence-electron chi connectivity index (χ1n) is 10.0. The van der Waals surface area contributed by atoms with E-state index in [0.29, 0.717) is 12.5 Å². The van der Waals surface area contributed by atoms with Crippen molar-refractivity contribution >= 4 is 6.03 Å². The van der Waals surface area contributed by atoms with Crippen LogP contribution in [0.15, 0.2) is 10.6 Å². The van der Waals surface area contributed by atoms with Crippen molar-refractivity contribution in [3.63, 3.8) is 0 Å². The molecule has 154 valence electrons. The van der Waals surface area contributed by atoms with Crippen LogP contribution in [-0.4, -0.2) is 45.3 Å². The van der Waals surface area contributed by atoms with Crippen molar-refractivity contribution in [2.45, 2.75) is 53.1 Å². The Labute approximate surface area is 166 Å². The van der Waals surface area contributed by atoms with Crippen LogP contribution in [-0.2, 0) is 13.6 Å². The molecule has 2 N–H and O–H groups in total. The minimum Gasteiger partial charge on any atom is -0.444 e. The van der Waals surface area contributed by atoms with E-state index in [0.717, 1.165) is 61.1 Å². The van der Waals surface area contributed by atoms with E-state index in [4.69, 9.17) is 4.42 Å². The predicted octanol–water partition coefficient (Wildman–Crippen LogP) is 2.61. The normalized spacial score (nSPS) is 16.9. The molecule has 0 radical (unpaired) electrons. The van der Waals surface area contributed by atoms with Crippen molar-refractivity contribution in [1.29, 1.82) is 0 Å². The predicted molar refractivity (Wildman–Crippen MR) is 107 cm³/mol. The second kappa shape index (κ2) is 8.77. The van der Waals surface area contributed by atoms with E-state index < -0.39 is 0 Å². The third kappa shape index (κ3) is 5.13. The van der Waals surface area contributed by atoms with Gasteiger partial charge in [0.25, 0.3) is 0 Å². The molecule has 0 spiro atoms. The average Bonchev–Trinajstić information content (AvgIpc) is 3.14. The second-order valence-corrected chi connectivity index (χ2v) is 7.89. The zero-order valence-electron chi connectivity index (χ0n) is 17.6. The Balaban J connectivity index is 1.37. The largest absolute Gasteiger partial charge is 0.444 e. The molecule has 1 atom stereocenters. The van der Waals surface area contributed by atoms with Crippen LogP contribution in [0.5, 0.6) is 0 Å². The number of aromatic nitrogens is 3. The molecule has 0 aromatic carbocycles. The Kier molecular flexibility index (Phi) is 6.39. The fraction of sp³-hybridized carbons (Fsp3) is 0.650. The summed E-state index contributed by atoms with van der Waals surface area (Å²) in [6.45, 7) is 11.3. The van der Waals surface area contributed by atoms with Crippen molar-refractivity contribution in [3.05, 3.63) is 34.8 Å². The molecule has 2 aromatic heterocycles. The number of aryl methyl sites for hydroxylation is 4. The van der Waals surface area contributed by atoms with Crippen LogP contribution >= 0.6 is 0 Å². The van der Waals surface area contributed by atoms with Gasteiger partial charge in [-0.25, -0.2) is 9.78 Å². The number of urea groups is 1. The summed E-state index contributed by atoms with van der Waals surface area (Å²) >= 11 is 0. The molecule has 28 heavy (non-hydrogen) atoms. The number of hydrogen-bond acceptors (Lipinski definition) is 5. The Morgan fingerprint density at radius 2 is 2.00 bits per heavy atom. The number of rotatable bonds is 6. The Morgan fingerprint density at radius 1 is 1.29 bits per heavy atom. The third-order valence-corrected chi connectivity index (χ3v) is 5.56. The zero-order valence-corrected chi connectivity index (χ0v) is 17.6. The first kappa shape index (κ1) is 20.4. The van der Waals surface area contributed by atoms with Crippen LogP contribution in [0, 0.1) is 26.7 Å². The van der Waals surface area contributed by atoms with E-state index in [1.54, 1.807) is 4.68 Å². The van der Waals surface area contributed by atoms with Gasteiger partial charge in [0, 0.05) is 25.4 Å². The molecule has 1 aliphatic heterocycles. The highest BCUT2D eigenvalue weighted by Crippen LogP contribution is 2.19. The number of nitrogens with zero attached hydrogens (tertiary/aromatic N) is 4. The summed E-state index contributed by atoms with van der Waals surface area (Å²) < 4.78 is 7.46. The molecular formula is C20H32N6O2. The summed E-state index contributed by atoms with van der Waals surface area (Å²) in [7, 11) is 1.89. The summed E-state index contributed by atoms with van der Waals surface area (Å²) in [4.78, 5) is 19.1. The lowest BCUT2D eigenvalue weighted by Gasteiger charge is -2.31. The van der Waals surface area contributed by atoms with Crippen molar-refractivity contribution in [2.75, 3.05) is 19.6 Å². The highest BCUT2D eigenvalue weighted by molar-refractivity contribution is 5.74. The standard InChI is InChI=1S/C20H32N6O2/c1-13-16(4)28-19(22-13)12-26-8-6-17(7-9-26)10-21-20(27)23-14(2)18-11-25(5)24-15(18)3/h11,14,17H,6-10,12H2,1-5H3,(H2,21,23,27). The maximum absolute atomic E-state index is 12.2. The maximum Gasteiger partial charge on any atom is 0.315 e. The van der Waals surface area contributed by atoms with Gasteiger partial charge < -0.3 is 15.1 Å². The Hall–Kier alpha value is -2.35. The van der Waals surface area contributed by atoms with Gasteiger partial charge in [-0.3, -0.25) is 9.58 Å². The van der Waals surface area contributed by atoms with Crippen LogP contribution in [0.3, 0.4) is 0 Å². The van der Waals surface area contributed by atoms with E-state index in [-0.39, 0.29) is 12.1 Å². The first-order valence-corrected chi connectivity index (χ1v) is 10.0. The summed E-state index contributed by atoms with van der Waals surface area (Å²) in [5.41, 5.74) is 2.96. The lowest BCUT2D eigenvalue weighted by molar-refractivity contribution is 0.161. The molecule has 3 rings (SSSR count). The molecule has 0 bridgehead atoms. The van der Waals surface area contributed by atoms with E-state index >= 15 is 0 Å². The Bertz CT molecular complexity index is 784. The number of hydrogen-bond donors (Lipinski definition) is 2. The molecule has 8 heteroatoms. The van der Waals surface area contributed by atoms with Crippen LogP contribution in [0.1, 0.15) is 54.4 Å². The van der Waals surface area contributed by atoms with Gasteiger partial charge in [0.05, 0.1) is 24.0 Å². The lowest BCUT2D eigenvalue weighted by atomic mass is 9.97. The van der Waals surface area contributed by atoms with E-state index in [1.807, 2.05) is 40.9 Å². The quantitative estimate of drug-likeness (QED) is 0.794. The van der Waals surface area contributed by atoms with Gasteiger partial charge in [0.15, 0.2) is 0 Å². The number of amides is 2. The van der Waals surface area contributed by atoms with Gasteiger partial charge in [0.2, 0.25) is 5.89 Å². The minimum absolute atomic E-state index is 0.0664. The smallest absolute Gasteiger partial charge is 0.315 e. The number of carbonyl (C=O) groups excluding carboxylic acids is 1. The number of oxazole rings is 1. The van der Waals surface area contributed by atoms with Gasteiger partial charge in [-0.05, 0) is 59.5 Å². The minimum atomic E-state index is -0.121. The topological polar surface area (TPSA) is 88.2 Å².